The van der Waals surface area contributed by atoms with E-state index < -0.39 is 0 Å². The van der Waals surface area contributed by atoms with Gasteiger partial charge >= 0.3 is 6.03 Å². The lowest BCUT2D eigenvalue weighted by molar-refractivity contribution is -0.132. The fourth-order valence-electron chi connectivity index (χ4n) is 3.11. The number of urea groups is 1. The van der Waals surface area contributed by atoms with E-state index in [-0.39, 0.29) is 24.3 Å². The van der Waals surface area contributed by atoms with Gasteiger partial charge in [-0.15, -0.1) is 0 Å². The van der Waals surface area contributed by atoms with Gasteiger partial charge in [0.05, 0.1) is 7.11 Å². The quantitative estimate of drug-likeness (QED) is 0.651. The summed E-state index contributed by atoms with van der Waals surface area (Å²) in [5.74, 6) is 0.851. The molecule has 0 aliphatic carbocycles. The average molecular weight is 405 g/mol. The van der Waals surface area contributed by atoms with E-state index in [1.165, 1.54) is 0 Å². The van der Waals surface area contributed by atoms with Crippen LogP contribution >= 0.6 is 0 Å². The number of nitrogens with one attached hydrogen (secondary N) is 2. The van der Waals surface area contributed by atoms with Crippen LogP contribution in [-0.4, -0.2) is 74.0 Å². The molecule has 0 saturated carbocycles. The third kappa shape index (κ3) is 7.63. The van der Waals surface area contributed by atoms with Crippen LogP contribution in [0.1, 0.15) is 31.7 Å². The molecular weight excluding hydrogens is 372 g/mol. The molecule has 0 unspecified atom stereocenters. The van der Waals surface area contributed by atoms with E-state index in [0.717, 1.165) is 17.7 Å². The Morgan fingerprint density at radius 1 is 0.931 bits per heavy atom. The molecule has 1 aliphatic rings. The first kappa shape index (κ1) is 22.5. The van der Waals surface area contributed by atoms with E-state index >= 15 is 0 Å². The highest BCUT2D eigenvalue weighted by atomic mass is 16.5. The second kappa shape index (κ2) is 11.9. The second-order valence-electron chi connectivity index (χ2n) is 7.05. The first-order chi connectivity index (χ1) is 14.0. The van der Waals surface area contributed by atoms with Gasteiger partial charge in [0.1, 0.15) is 5.75 Å². The average Bonchev–Trinajstić information content (AvgIpc) is 2.76. The number of nitrogens with zero attached hydrogens (tertiary/aromatic N) is 2. The van der Waals surface area contributed by atoms with Gasteiger partial charge in [-0.2, -0.15) is 0 Å². The van der Waals surface area contributed by atoms with E-state index in [1.807, 2.05) is 36.1 Å². The lowest BCUT2D eigenvalue weighted by Crippen LogP contribution is -2.53. The predicted octanol–water partition coefficient (Wildman–Crippen LogP) is 1.40. The summed E-state index contributed by atoms with van der Waals surface area (Å²) in [4.78, 5) is 39.7. The van der Waals surface area contributed by atoms with Gasteiger partial charge in [0.15, 0.2) is 0 Å². The van der Waals surface area contributed by atoms with E-state index in [4.69, 9.17) is 4.74 Å². The number of piperazine rings is 1. The van der Waals surface area contributed by atoms with Crippen molar-refractivity contribution in [2.24, 2.45) is 0 Å². The molecule has 2 rings (SSSR count). The van der Waals surface area contributed by atoms with E-state index in [1.54, 1.807) is 12.0 Å². The molecule has 1 saturated heterocycles. The van der Waals surface area contributed by atoms with Crippen molar-refractivity contribution in [3.63, 3.8) is 0 Å². The van der Waals surface area contributed by atoms with Crippen molar-refractivity contribution >= 4 is 17.8 Å². The summed E-state index contributed by atoms with van der Waals surface area (Å²) >= 11 is 0. The van der Waals surface area contributed by atoms with Crippen molar-refractivity contribution in [1.29, 1.82) is 0 Å². The number of ether oxygens (including phenoxy) is 1. The van der Waals surface area contributed by atoms with Gasteiger partial charge in [-0.25, -0.2) is 4.79 Å². The topological polar surface area (TPSA) is 91.0 Å². The van der Waals surface area contributed by atoms with Crippen LogP contribution in [0.4, 0.5) is 4.79 Å². The summed E-state index contributed by atoms with van der Waals surface area (Å²) < 4.78 is 5.14. The maximum atomic E-state index is 12.4. The van der Waals surface area contributed by atoms with Crippen LogP contribution in [0.2, 0.25) is 0 Å². The minimum absolute atomic E-state index is 0.0561. The van der Waals surface area contributed by atoms with E-state index in [0.29, 0.717) is 52.1 Å². The van der Waals surface area contributed by atoms with Gasteiger partial charge in [0.25, 0.3) is 0 Å². The summed E-state index contributed by atoms with van der Waals surface area (Å²) in [6.45, 7) is 5.03. The summed E-state index contributed by atoms with van der Waals surface area (Å²) in [5, 5.41) is 5.55. The Morgan fingerprint density at radius 2 is 1.59 bits per heavy atom. The van der Waals surface area contributed by atoms with Crippen LogP contribution in [-0.2, 0) is 16.0 Å². The minimum Gasteiger partial charge on any atom is -0.497 e. The molecule has 0 radical (unpaired) electrons. The molecule has 4 amide bonds. The molecule has 1 heterocycles. The van der Waals surface area contributed by atoms with Crippen LogP contribution in [0.15, 0.2) is 24.3 Å². The number of rotatable bonds is 9. The molecule has 2 N–H and O–H groups in total. The fraction of sp³-hybridized carbons (Fsp3) is 0.571. The monoisotopic (exact) mass is 404 g/mol. The molecule has 0 spiro atoms. The summed E-state index contributed by atoms with van der Waals surface area (Å²) in [5.41, 5.74) is 1.10. The second-order valence-corrected chi connectivity index (χ2v) is 7.05. The summed E-state index contributed by atoms with van der Waals surface area (Å²) in [6, 6.07) is 7.54. The van der Waals surface area contributed by atoms with E-state index in [2.05, 4.69) is 10.6 Å². The number of carbonyl (C=O) groups excluding carboxylic acids is 3. The van der Waals surface area contributed by atoms with Crippen LogP contribution in [0.25, 0.3) is 0 Å². The lowest BCUT2D eigenvalue weighted by Gasteiger charge is -2.34. The van der Waals surface area contributed by atoms with Gasteiger partial charge < -0.3 is 25.2 Å². The zero-order valence-electron chi connectivity index (χ0n) is 17.4. The number of benzene rings is 1. The lowest BCUT2D eigenvalue weighted by atomic mass is 10.1. The SMILES string of the molecule is CCCNC(=O)CCNC(=O)N1CCN(C(=O)CCc2ccc(OC)cc2)CC1. The highest BCUT2D eigenvalue weighted by Gasteiger charge is 2.23. The Bertz CT molecular complexity index is 670. The van der Waals surface area contributed by atoms with Crippen LogP contribution < -0.4 is 15.4 Å². The van der Waals surface area contributed by atoms with Crippen molar-refractivity contribution in [3.05, 3.63) is 29.8 Å². The predicted molar refractivity (Wildman–Crippen MR) is 111 cm³/mol. The molecule has 160 valence electrons. The van der Waals surface area contributed by atoms with Crippen molar-refractivity contribution in [3.8, 4) is 5.75 Å². The Kier molecular flexibility index (Phi) is 9.27. The van der Waals surface area contributed by atoms with Crippen LogP contribution in [0.3, 0.4) is 0 Å². The molecule has 29 heavy (non-hydrogen) atoms. The molecule has 1 aromatic rings. The third-order valence-electron chi connectivity index (χ3n) is 4.91. The summed E-state index contributed by atoms with van der Waals surface area (Å²) in [7, 11) is 1.63. The van der Waals surface area contributed by atoms with Crippen molar-refractivity contribution in [1.82, 2.24) is 20.4 Å². The normalized spacial score (nSPS) is 13.7. The highest BCUT2D eigenvalue weighted by Crippen LogP contribution is 2.13. The third-order valence-corrected chi connectivity index (χ3v) is 4.91. The van der Waals surface area contributed by atoms with Crippen molar-refractivity contribution in [2.45, 2.75) is 32.6 Å². The number of hydrogen-bond acceptors (Lipinski definition) is 4. The number of methoxy groups -OCH3 is 1. The number of hydrogen-bond donors (Lipinski definition) is 2. The van der Waals surface area contributed by atoms with Gasteiger partial charge in [-0.3, -0.25) is 9.59 Å². The fourth-order valence-corrected chi connectivity index (χ4v) is 3.11. The molecule has 0 atom stereocenters. The molecular formula is C21H32N4O4. The van der Waals surface area contributed by atoms with Gasteiger partial charge in [0, 0.05) is 52.1 Å². The maximum absolute atomic E-state index is 12.4. The maximum Gasteiger partial charge on any atom is 0.317 e. The largest absolute Gasteiger partial charge is 0.497 e. The zero-order chi connectivity index (χ0) is 21.1. The van der Waals surface area contributed by atoms with Crippen molar-refractivity contribution in [2.75, 3.05) is 46.4 Å². The first-order valence-electron chi connectivity index (χ1n) is 10.2. The molecule has 8 heteroatoms. The van der Waals surface area contributed by atoms with Crippen LogP contribution in [0.5, 0.6) is 5.75 Å². The molecule has 1 aromatic carbocycles. The molecule has 0 aromatic heterocycles. The van der Waals surface area contributed by atoms with Crippen molar-refractivity contribution < 1.29 is 19.1 Å². The van der Waals surface area contributed by atoms with Gasteiger partial charge in [-0.05, 0) is 30.5 Å². The number of aryl methyl sites for hydroxylation is 1. The Hall–Kier alpha value is -2.77. The van der Waals surface area contributed by atoms with Crippen LogP contribution in [0, 0.1) is 0 Å². The van der Waals surface area contributed by atoms with Gasteiger partial charge in [0.2, 0.25) is 11.8 Å². The Morgan fingerprint density at radius 3 is 2.21 bits per heavy atom. The summed E-state index contributed by atoms with van der Waals surface area (Å²) in [6.07, 6.45) is 2.30. The van der Waals surface area contributed by atoms with E-state index in [9.17, 15) is 14.4 Å². The van der Waals surface area contributed by atoms with Gasteiger partial charge in [-0.1, -0.05) is 19.1 Å². The highest BCUT2D eigenvalue weighted by molar-refractivity contribution is 5.79. The molecule has 1 aliphatic heterocycles. The standard InChI is InChI=1S/C21H32N4O4/c1-3-11-22-19(26)10-12-23-21(28)25-15-13-24(14-16-25)20(27)9-6-17-4-7-18(29-2)8-5-17/h4-5,7-8H,3,6,9-16H2,1-2H3,(H,22,26)(H,23,28). The number of carbonyl (C=O) groups is 3. The number of amides is 4. The molecule has 1 fully saturated rings. The first-order valence-corrected chi connectivity index (χ1v) is 10.2. The Labute approximate surface area is 172 Å². The Balaban J connectivity index is 1.64. The zero-order valence-corrected chi connectivity index (χ0v) is 17.4. The smallest absolute Gasteiger partial charge is 0.317 e. The molecule has 0 bridgehead atoms. The molecule has 8 nitrogen and oxygen atoms in total. The minimum atomic E-state index is -0.182.